The molecule has 0 aliphatic carbocycles. The Kier molecular flexibility index (Phi) is 7.40. The first kappa shape index (κ1) is 15.9. The largest absolute Gasteiger partial charge is 0.383 e. The quantitative estimate of drug-likeness (QED) is 0.367. The van der Waals surface area contributed by atoms with E-state index in [4.69, 9.17) is 28.6 Å². The van der Waals surface area contributed by atoms with Gasteiger partial charge in [0.25, 0.3) is 0 Å². The summed E-state index contributed by atoms with van der Waals surface area (Å²) in [6, 6.07) is 7.57. The van der Waals surface area contributed by atoms with E-state index in [-0.39, 0.29) is 0 Å². The van der Waals surface area contributed by atoms with Gasteiger partial charge in [0.15, 0.2) is 5.11 Å². The summed E-state index contributed by atoms with van der Waals surface area (Å²) in [4.78, 5) is 0. The van der Waals surface area contributed by atoms with Crippen LogP contribution in [0.2, 0.25) is 5.02 Å². The summed E-state index contributed by atoms with van der Waals surface area (Å²) in [5.41, 5.74) is 4.78. The maximum Gasteiger partial charge on any atom is 0.187 e. The number of nitrogens with zero attached hydrogens (tertiary/aromatic N) is 1. The number of ether oxygens (including phenoxy) is 1. The molecule has 0 saturated heterocycles. The Morgan fingerprint density at radius 1 is 1.37 bits per heavy atom. The molecule has 0 amide bonds. The summed E-state index contributed by atoms with van der Waals surface area (Å²) in [6.07, 6.45) is 0.801. The standard InChI is InChI=1S/C13H18ClN3OS/c1-3-12(10-4-6-11(14)7-5-10)16-17-13(19)15-8-9-18-2/h4-7H,3,8-9H2,1-2H3,(H2,15,17,19)/b16-12-. The number of benzene rings is 1. The van der Waals surface area contributed by atoms with Crippen molar-refractivity contribution in [3.05, 3.63) is 34.9 Å². The second-order valence-corrected chi connectivity index (χ2v) is 4.62. The van der Waals surface area contributed by atoms with E-state index < -0.39 is 0 Å². The zero-order chi connectivity index (χ0) is 14.1. The molecule has 19 heavy (non-hydrogen) atoms. The van der Waals surface area contributed by atoms with E-state index in [1.165, 1.54) is 0 Å². The normalized spacial score (nSPS) is 11.2. The van der Waals surface area contributed by atoms with Gasteiger partial charge in [-0.15, -0.1) is 0 Å². The molecule has 0 radical (unpaired) electrons. The Balaban J connectivity index is 2.57. The molecule has 0 fully saturated rings. The van der Waals surface area contributed by atoms with Crippen LogP contribution >= 0.6 is 23.8 Å². The van der Waals surface area contributed by atoms with Gasteiger partial charge in [-0.05, 0) is 36.3 Å². The van der Waals surface area contributed by atoms with Crippen LogP contribution in [0.4, 0.5) is 0 Å². The van der Waals surface area contributed by atoms with E-state index in [1.54, 1.807) is 7.11 Å². The van der Waals surface area contributed by atoms with Crippen LogP contribution in [0.5, 0.6) is 0 Å². The molecule has 1 rings (SSSR count). The summed E-state index contributed by atoms with van der Waals surface area (Å²) in [5, 5.41) is 8.49. The average molecular weight is 300 g/mol. The molecule has 4 nitrogen and oxygen atoms in total. The van der Waals surface area contributed by atoms with Crippen molar-refractivity contribution in [2.24, 2.45) is 5.10 Å². The average Bonchev–Trinajstić information content (AvgIpc) is 2.41. The van der Waals surface area contributed by atoms with Gasteiger partial charge in [-0.3, -0.25) is 5.43 Å². The number of nitrogens with one attached hydrogen (secondary N) is 2. The van der Waals surface area contributed by atoms with E-state index in [0.29, 0.717) is 23.3 Å². The van der Waals surface area contributed by atoms with Crippen LogP contribution in [0, 0.1) is 0 Å². The molecule has 0 saturated carbocycles. The van der Waals surface area contributed by atoms with Crippen molar-refractivity contribution in [1.29, 1.82) is 0 Å². The highest BCUT2D eigenvalue weighted by Gasteiger charge is 2.01. The first-order valence-corrected chi connectivity index (χ1v) is 6.81. The molecule has 0 spiro atoms. The molecule has 0 bridgehead atoms. The lowest BCUT2D eigenvalue weighted by atomic mass is 10.1. The van der Waals surface area contributed by atoms with Crippen molar-refractivity contribution in [2.75, 3.05) is 20.3 Å². The number of hydrogen-bond donors (Lipinski definition) is 2. The van der Waals surface area contributed by atoms with Crippen molar-refractivity contribution in [3.63, 3.8) is 0 Å². The van der Waals surface area contributed by atoms with Crippen LogP contribution in [-0.4, -0.2) is 31.1 Å². The molecular weight excluding hydrogens is 282 g/mol. The third kappa shape index (κ3) is 6.00. The molecule has 0 aliphatic heterocycles. The topological polar surface area (TPSA) is 45.7 Å². The Morgan fingerprint density at radius 3 is 2.63 bits per heavy atom. The monoisotopic (exact) mass is 299 g/mol. The van der Waals surface area contributed by atoms with Crippen LogP contribution < -0.4 is 10.7 Å². The minimum Gasteiger partial charge on any atom is -0.383 e. The first-order valence-electron chi connectivity index (χ1n) is 6.02. The van der Waals surface area contributed by atoms with Crippen molar-refractivity contribution in [1.82, 2.24) is 10.7 Å². The molecular formula is C13H18ClN3OS. The molecule has 1 aromatic carbocycles. The van der Waals surface area contributed by atoms with Crippen LogP contribution in [0.3, 0.4) is 0 Å². The van der Waals surface area contributed by atoms with Gasteiger partial charge in [0.05, 0.1) is 12.3 Å². The highest BCUT2D eigenvalue weighted by molar-refractivity contribution is 7.80. The minimum absolute atomic E-state index is 0.483. The number of hydrazone groups is 1. The van der Waals surface area contributed by atoms with E-state index in [2.05, 4.69) is 15.8 Å². The lowest BCUT2D eigenvalue weighted by Crippen LogP contribution is -2.34. The second-order valence-electron chi connectivity index (χ2n) is 3.78. The third-order valence-electron chi connectivity index (χ3n) is 2.40. The van der Waals surface area contributed by atoms with Gasteiger partial charge in [-0.2, -0.15) is 5.10 Å². The Bertz CT molecular complexity index is 434. The van der Waals surface area contributed by atoms with Crippen LogP contribution in [-0.2, 0) is 4.74 Å². The lowest BCUT2D eigenvalue weighted by Gasteiger charge is -2.08. The molecule has 0 aliphatic rings. The molecule has 0 heterocycles. The third-order valence-corrected chi connectivity index (χ3v) is 2.88. The van der Waals surface area contributed by atoms with Crippen LogP contribution in [0.15, 0.2) is 29.4 Å². The van der Waals surface area contributed by atoms with Gasteiger partial charge in [-0.1, -0.05) is 30.7 Å². The maximum atomic E-state index is 5.86. The van der Waals surface area contributed by atoms with Crippen LogP contribution in [0.1, 0.15) is 18.9 Å². The number of rotatable bonds is 6. The fourth-order valence-corrected chi connectivity index (χ4v) is 1.69. The smallest absolute Gasteiger partial charge is 0.187 e. The molecule has 6 heteroatoms. The van der Waals surface area contributed by atoms with E-state index in [1.807, 2.05) is 31.2 Å². The predicted molar refractivity (Wildman–Crippen MR) is 83.9 cm³/mol. The van der Waals surface area contributed by atoms with Crippen molar-refractivity contribution in [3.8, 4) is 0 Å². The van der Waals surface area contributed by atoms with Crippen LogP contribution in [0.25, 0.3) is 0 Å². The summed E-state index contributed by atoms with van der Waals surface area (Å²) in [6.45, 7) is 3.29. The van der Waals surface area contributed by atoms with Gasteiger partial charge in [-0.25, -0.2) is 0 Å². The van der Waals surface area contributed by atoms with Crippen molar-refractivity contribution < 1.29 is 4.74 Å². The number of thiocarbonyl (C=S) groups is 1. The van der Waals surface area contributed by atoms with E-state index in [9.17, 15) is 0 Å². The summed E-state index contributed by atoms with van der Waals surface area (Å²) in [5.74, 6) is 0. The summed E-state index contributed by atoms with van der Waals surface area (Å²) < 4.78 is 4.92. The number of methoxy groups -OCH3 is 1. The fourth-order valence-electron chi connectivity index (χ4n) is 1.41. The van der Waals surface area contributed by atoms with E-state index in [0.717, 1.165) is 17.7 Å². The van der Waals surface area contributed by atoms with E-state index >= 15 is 0 Å². The van der Waals surface area contributed by atoms with Crippen molar-refractivity contribution in [2.45, 2.75) is 13.3 Å². The molecule has 2 N–H and O–H groups in total. The Hall–Kier alpha value is -1.17. The Morgan fingerprint density at radius 2 is 2.05 bits per heavy atom. The summed E-state index contributed by atoms with van der Waals surface area (Å²) >= 11 is 11.0. The van der Waals surface area contributed by atoms with Gasteiger partial charge in [0.1, 0.15) is 0 Å². The highest BCUT2D eigenvalue weighted by Crippen LogP contribution is 2.11. The minimum atomic E-state index is 0.483. The lowest BCUT2D eigenvalue weighted by molar-refractivity contribution is 0.204. The SMILES string of the molecule is CC/C(=N/NC(=S)NCCOC)c1ccc(Cl)cc1. The first-order chi connectivity index (χ1) is 9.17. The predicted octanol–water partition coefficient (Wildman–Crippen LogP) is 2.56. The van der Waals surface area contributed by atoms with Crippen molar-refractivity contribution >= 4 is 34.6 Å². The molecule has 104 valence electrons. The zero-order valence-corrected chi connectivity index (χ0v) is 12.6. The Labute approximate surface area is 124 Å². The highest BCUT2D eigenvalue weighted by atomic mass is 35.5. The van der Waals surface area contributed by atoms with Gasteiger partial charge < -0.3 is 10.1 Å². The fraction of sp³-hybridized carbons (Fsp3) is 0.385. The maximum absolute atomic E-state index is 5.86. The van der Waals surface area contributed by atoms with Gasteiger partial charge in [0.2, 0.25) is 0 Å². The second kappa shape index (κ2) is 8.85. The molecule has 0 atom stereocenters. The molecule has 1 aromatic rings. The zero-order valence-electron chi connectivity index (χ0n) is 11.1. The van der Waals surface area contributed by atoms with Gasteiger partial charge >= 0.3 is 0 Å². The number of hydrogen-bond acceptors (Lipinski definition) is 3. The molecule has 0 unspecified atom stereocenters. The van der Waals surface area contributed by atoms with Gasteiger partial charge in [0, 0.05) is 18.7 Å². The summed E-state index contributed by atoms with van der Waals surface area (Å²) in [7, 11) is 1.64. The number of halogens is 1. The molecule has 0 aromatic heterocycles.